The largest absolute Gasteiger partial charge is 0.445 e. The van der Waals surface area contributed by atoms with Crippen molar-refractivity contribution in [1.82, 2.24) is 19.6 Å². The van der Waals surface area contributed by atoms with Crippen molar-refractivity contribution in [1.29, 1.82) is 0 Å². The molecule has 0 spiro atoms. The highest BCUT2D eigenvalue weighted by molar-refractivity contribution is 7.89. The van der Waals surface area contributed by atoms with E-state index in [4.69, 9.17) is 4.42 Å². The number of fused-ring (bicyclic) bond motifs is 2. The number of oxazole rings is 1. The molecular weight excluding hydrogens is 514 g/mol. The Balaban J connectivity index is 1.08. The molecule has 0 bridgehead atoms. The molecular formula is C29H29N5O4S. The van der Waals surface area contributed by atoms with Gasteiger partial charge in [-0.1, -0.05) is 12.1 Å². The lowest BCUT2D eigenvalue weighted by Gasteiger charge is -2.21. The van der Waals surface area contributed by atoms with Crippen LogP contribution in [-0.2, 0) is 23.1 Å². The second-order valence-corrected chi connectivity index (χ2v) is 12.5. The van der Waals surface area contributed by atoms with Gasteiger partial charge in [0.15, 0.2) is 0 Å². The SMILES string of the molecule is O=S(=O)(c1ccc(-c2ncco2)cc1)N1Cc2cnc(C(O)c3cccc(N4CC5CCNC5C4)c3)cc2C1. The van der Waals surface area contributed by atoms with Crippen LogP contribution < -0.4 is 10.2 Å². The third kappa shape index (κ3) is 4.43. The topological polar surface area (TPSA) is 112 Å². The lowest BCUT2D eigenvalue weighted by Crippen LogP contribution is -2.30. The van der Waals surface area contributed by atoms with E-state index in [1.54, 1.807) is 36.7 Å². The summed E-state index contributed by atoms with van der Waals surface area (Å²) in [6, 6.07) is 16.9. The minimum atomic E-state index is -3.72. The van der Waals surface area contributed by atoms with Crippen molar-refractivity contribution >= 4 is 15.7 Å². The zero-order valence-electron chi connectivity index (χ0n) is 21.3. The van der Waals surface area contributed by atoms with Gasteiger partial charge in [-0.3, -0.25) is 4.98 Å². The van der Waals surface area contributed by atoms with Crippen LogP contribution in [0.4, 0.5) is 5.69 Å². The Kier molecular flexibility index (Phi) is 6.00. The Morgan fingerprint density at radius 3 is 2.67 bits per heavy atom. The van der Waals surface area contributed by atoms with E-state index < -0.39 is 16.1 Å². The molecule has 0 saturated carbocycles. The summed E-state index contributed by atoms with van der Waals surface area (Å²) < 4.78 is 33.5. The van der Waals surface area contributed by atoms with Crippen LogP contribution in [-0.4, -0.2) is 53.5 Å². The van der Waals surface area contributed by atoms with Crippen LogP contribution >= 0.6 is 0 Å². The first-order valence-corrected chi connectivity index (χ1v) is 14.6. The first kappa shape index (κ1) is 24.5. The van der Waals surface area contributed by atoms with Gasteiger partial charge >= 0.3 is 0 Å². The summed E-state index contributed by atoms with van der Waals surface area (Å²) in [5.41, 5.74) is 4.80. The second-order valence-electron chi connectivity index (χ2n) is 10.5. The summed E-state index contributed by atoms with van der Waals surface area (Å²) in [4.78, 5) is 11.2. The van der Waals surface area contributed by atoms with Gasteiger partial charge in [-0.25, -0.2) is 13.4 Å². The van der Waals surface area contributed by atoms with E-state index in [1.165, 1.54) is 17.0 Å². The van der Waals surface area contributed by atoms with Crippen LogP contribution in [0.2, 0.25) is 0 Å². The summed E-state index contributed by atoms with van der Waals surface area (Å²) in [7, 11) is -3.72. The molecule has 0 amide bonds. The molecule has 7 rings (SSSR count). The van der Waals surface area contributed by atoms with Crippen molar-refractivity contribution in [3.63, 3.8) is 0 Å². The number of aliphatic hydroxyl groups is 1. The molecule has 2 aromatic carbocycles. The first-order chi connectivity index (χ1) is 19.0. The van der Waals surface area contributed by atoms with E-state index >= 15 is 0 Å². The van der Waals surface area contributed by atoms with Gasteiger partial charge in [-0.05, 0) is 78.0 Å². The summed E-state index contributed by atoms with van der Waals surface area (Å²) >= 11 is 0. The number of rotatable bonds is 6. The highest BCUT2D eigenvalue weighted by Gasteiger charge is 2.36. The highest BCUT2D eigenvalue weighted by atomic mass is 32.2. The van der Waals surface area contributed by atoms with Gasteiger partial charge in [0.2, 0.25) is 15.9 Å². The quantitative estimate of drug-likeness (QED) is 0.381. The van der Waals surface area contributed by atoms with Gasteiger partial charge in [0.05, 0.1) is 16.8 Å². The zero-order chi connectivity index (χ0) is 26.6. The van der Waals surface area contributed by atoms with Gasteiger partial charge in [0.1, 0.15) is 12.4 Å². The normalized spacial score (nSPS) is 21.7. The first-order valence-electron chi connectivity index (χ1n) is 13.2. The maximum atomic E-state index is 13.4. The standard InChI is InChI=1S/C29H29N5O4S/c35-28(20-2-1-3-24(12-20)33-15-21-8-9-30-27(21)18-33)26-13-22-16-34(17-23(22)14-32-26)39(36,37)25-6-4-19(5-7-25)29-31-10-11-38-29/h1-7,10-14,21,27-28,30,35H,8-9,15-18H2. The Hall–Kier alpha value is -3.57. The molecule has 2 fully saturated rings. The fraction of sp³-hybridized carbons (Fsp3) is 0.310. The van der Waals surface area contributed by atoms with Gasteiger partial charge in [0.25, 0.3) is 0 Å². The number of nitrogens with zero attached hydrogens (tertiary/aromatic N) is 4. The molecule has 9 nitrogen and oxygen atoms in total. The third-order valence-corrected chi connectivity index (χ3v) is 9.97. The molecule has 2 saturated heterocycles. The van der Waals surface area contributed by atoms with E-state index in [9.17, 15) is 13.5 Å². The molecule has 3 atom stereocenters. The van der Waals surface area contributed by atoms with Crippen molar-refractivity contribution in [2.75, 3.05) is 24.5 Å². The van der Waals surface area contributed by atoms with Gasteiger partial charge in [-0.15, -0.1) is 0 Å². The zero-order valence-corrected chi connectivity index (χ0v) is 22.1. The molecule has 0 aliphatic carbocycles. The number of nitrogens with one attached hydrogen (secondary N) is 1. The fourth-order valence-corrected chi connectivity index (χ4v) is 7.39. The summed E-state index contributed by atoms with van der Waals surface area (Å²) in [6.45, 7) is 3.57. The van der Waals surface area contributed by atoms with Crippen molar-refractivity contribution in [3.05, 3.63) is 95.6 Å². The molecule has 5 heterocycles. The molecule has 200 valence electrons. The molecule has 0 radical (unpaired) electrons. The van der Waals surface area contributed by atoms with E-state index in [2.05, 4.69) is 26.3 Å². The number of sulfonamides is 1. The number of pyridine rings is 1. The van der Waals surface area contributed by atoms with Gasteiger partial charge < -0.3 is 19.7 Å². The Morgan fingerprint density at radius 1 is 1.03 bits per heavy atom. The smallest absolute Gasteiger partial charge is 0.243 e. The number of hydrogen-bond donors (Lipinski definition) is 2. The molecule has 10 heteroatoms. The molecule has 3 aliphatic rings. The van der Waals surface area contributed by atoms with Gasteiger partial charge in [-0.2, -0.15) is 4.31 Å². The summed E-state index contributed by atoms with van der Waals surface area (Å²) in [6.07, 6.45) is 5.03. The number of benzene rings is 2. The van der Waals surface area contributed by atoms with Crippen LogP contribution in [0.3, 0.4) is 0 Å². The van der Waals surface area contributed by atoms with Crippen LogP contribution in [0.5, 0.6) is 0 Å². The van der Waals surface area contributed by atoms with Crippen molar-refractivity contribution in [3.8, 4) is 11.5 Å². The third-order valence-electron chi connectivity index (χ3n) is 8.16. The molecule has 4 aromatic rings. The highest BCUT2D eigenvalue weighted by Crippen LogP contribution is 2.34. The number of hydrogen-bond acceptors (Lipinski definition) is 8. The number of aromatic nitrogens is 2. The maximum absolute atomic E-state index is 13.4. The number of aliphatic hydroxyl groups excluding tert-OH is 1. The van der Waals surface area contributed by atoms with E-state index in [0.29, 0.717) is 29.1 Å². The minimum Gasteiger partial charge on any atom is -0.445 e. The Bertz CT molecular complexity index is 1600. The van der Waals surface area contributed by atoms with Crippen LogP contribution in [0, 0.1) is 5.92 Å². The van der Waals surface area contributed by atoms with Crippen molar-refractivity contribution < 1.29 is 17.9 Å². The second kappa shape index (κ2) is 9.56. The van der Waals surface area contributed by atoms with E-state index in [1.807, 2.05) is 24.3 Å². The molecule has 3 unspecified atom stereocenters. The monoisotopic (exact) mass is 543 g/mol. The Morgan fingerprint density at radius 2 is 1.87 bits per heavy atom. The molecule has 39 heavy (non-hydrogen) atoms. The molecule has 2 N–H and O–H groups in total. The van der Waals surface area contributed by atoms with Gasteiger partial charge in [0, 0.05) is 49.7 Å². The predicted octanol–water partition coefficient (Wildman–Crippen LogP) is 3.32. The Labute approximate surface area is 227 Å². The van der Waals surface area contributed by atoms with Crippen LogP contribution in [0.15, 0.2) is 82.6 Å². The molecule has 3 aliphatic heterocycles. The number of anilines is 1. The minimum absolute atomic E-state index is 0.205. The average molecular weight is 544 g/mol. The lowest BCUT2D eigenvalue weighted by atomic mass is 10.0. The van der Waals surface area contributed by atoms with Crippen molar-refractivity contribution in [2.45, 2.75) is 36.6 Å². The van der Waals surface area contributed by atoms with Crippen LogP contribution in [0.1, 0.15) is 34.9 Å². The van der Waals surface area contributed by atoms with Crippen LogP contribution in [0.25, 0.3) is 11.5 Å². The van der Waals surface area contributed by atoms with Crippen molar-refractivity contribution in [2.24, 2.45) is 5.92 Å². The summed E-state index contributed by atoms with van der Waals surface area (Å²) in [5.74, 6) is 1.12. The average Bonchev–Trinajstić information content (AvgIpc) is 3.76. The lowest BCUT2D eigenvalue weighted by molar-refractivity contribution is 0.215. The predicted molar refractivity (Wildman–Crippen MR) is 145 cm³/mol. The molecule has 2 aromatic heterocycles. The fourth-order valence-electron chi connectivity index (χ4n) is 6.00. The maximum Gasteiger partial charge on any atom is 0.243 e. The van der Waals surface area contributed by atoms with E-state index in [-0.39, 0.29) is 18.0 Å². The summed E-state index contributed by atoms with van der Waals surface area (Å²) in [5, 5.41) is 14.8. The van der Waals surface area contributed by atoms with E-state index in [0.717, 1.165) is 42.0 Å².